The molecule has 13 nitrogen and oxygen atoms in total. The summed E-state index contributed by atoms with van der Waals surface area (Å²) < 4.78 is 1.29. The highest BCUT2D eigenvalue weighted by Crippen LogP contribution is 2.26. The van der Waals surface area contributed by atoms with Gasteiger partial charge in [-0.25, -0.2) is 9.67 Å². The number of hydrogen-bond acceptors (Lipinski definition) is 9. The summed E-state index contributed by atoms with van der Waals surface area (Å²) in [5, 5.41) is 31.1. The highest BCUT2D eigenvalue weighted by molar-refractivity contribution is 6.32. The molecule has 4 rings (SSSR count). The highest BCUT2D eigenvalue weighted by Gasteiger charge is 2.24. The second-order valence-corrected chi connectivity index (χ2v) is 8.35. The van der Waals surface area contributed by atoms with Crippen LogP contribution in [0.15, 0.2) is 36.5 Å². The number of aryl methyl sites for hydroxylation is 2. The standard InChI is InChI=1S/C23H22ClN9O4/c1-12-7-14(19(35)11-34)8-16(22(36)25-3)20(12)27-23(37)18-9-15(10-32-29-13(2)28-31-32)30-33(18)21-17(24)5-4-6-26-21/h4-9,34H,10-11H2,1-3H3,(H,25,36)(H,27,37). The molecule has 4 aromatic rings. The zero-order valence-corrected chi connectivity index (χ0v) is 20.8. The number of aliphatic hydroxyl groups excluding tert-OH is 1. The molecule has 3 N–H and O–H groups in total. The van der Waals surface area contributed by atoms with Crippen molar-refractivity contribution < 1.29 is 19.5 Å². The van der Waals surface area contributed by atoms with Crippen LogP contribution in [0.2, 0.25) is 5.02 Å². The second kappa shape index (κ2) is 10.6. The molecule has 0 spiro atoms. The molecule has 0 fully saturated rings. The lowest BCUT2D eigenvalue weighted by Crippen LogP contribution is -2.24. The molecule has 14 heteroatoms. The Kier molecular flexibility index (Phi) is 7.36. The summed E-state index contributed by atoms with van der Waals surface area (Å²) in [7, 11) is 1.42. The van der Waals surface area contributed by atoms with Crippen LogP contribution in [0.25, 0.3) is 5.82 Å². The Morgan fingerprint density at radius 1 is 1.11 bits per heavy atom. The van der Waals surface area contributed by atoms with E-state index >= 15 is 0 Å². The van der Waals surface area contributed by atoms with E-state index < -0.39 is 24.2 Å². The van der Waals surface area contributed by atoms with E-state index in [1.54, 1.807) is 26.0 Å². The van der Waals surface area contributed by atoms with E-state index in [4.69, 9.17) is 11.6 Å². The number of nitrogens with zero attached hydrogens (tertiary/aromatic N) is 7. The van der Waals surface area contributed by atoms with Crippen LogP contribution in [0.5, 0.6) is 0 Å². The van der Waals surface area contributed by atoms with Gasteiger partial charge in [-0.2, -0.15) is 9.90 Å². The number of carbonyl (C=O) groups excluding carboxylic acids is 3. The fourth-order valence-electron chi connectivity index (χ4n) is 3.60. The predicted octanol–water partition coefficient (Wildman–Crippen LogP) is 1.36. The SMILES string of the molecule is CNC(=O)c1cc(C(=O)CO)cc(C)c1NC(=O)c1cc(Cn2nnc(C)n2)nn1-c1ncccc1Cl. The number of halogens is 1. The molecule has 0 unspecified atom stereocenters. The number of tetrazole rings is 1. The third-order valence-corrected chi connectivity index (χ3v) is 5.59. The Morgan fingerprint density at radius 2 is 1.89 bits per heavy atom. The number of ketones is 1. The van der Waals surface area contributed by atoms with Crippen molar-refractivity contribution in [2.45, 2.75) is 20.4 Å². The average molecular weight is 524 g/mol. The Hall–Kier alpha value is -4.49. The van der Waals surface area contributed by atoms with E-state index in [0.29, 0.717) is 17.1 Å². The monoisotopic (exact) mass is 523 g/mol. The van der Waals surface area contributed by atoms with Gasteiger partial charge >= 0.3 is 0 Å². The Balaban J connectivity index is 1.77. The smallest absolute Gasteiger partial charge is 0.274 e. The Labute approximate surface area is 215 Å². The van der Waals surface area contributed by atoms with Crippen molar-refractivity contribution in [2.24, 2.45) is 0 Å². The molecule has 3 aromatic heterocycles. The third kappa shape index (κ3) is 5.37. The molecule has 0 saturated carbocycles. The number of anilines is 1. The molecule has 1 aromatic carbocycles. The number of amides is 2. The van der Waals surface area contributed by atoms with E-state index in [1.165, 1.54) is 40.9 Å². The fourth-order valence-corrected chi connectivity index (χ4v) is 3.80. The lowest BCUT2D eigenvalue weighted by atomic mass is 10.00. The first-order valence-electron chi connectivity index (χ1n) is 11.0. The molecular formula is C23H22ClN9O4. The van der Waals surface area contributed by atoms with Crippen molar-refractivity contribution in [2.75, 3.05) is 19.0 Å². The third-order valence-electron chi connectivity index (χ3n) is 5.30. The number of nitrogens with one attached hydrogen (secondary N) is 2. The average Bonchev–Trinajstić information content (AvgIpc) is 3.50. The molecule has 37 heavy (non-hydrogen) atoms. The van der Waals surface area contributed by atoms with E-state index in [1.807, 2.05) is 0 Å². The number of carbonyl (C=O) groups is 3. The van der Waals surface area contributed by atoms with E-state index in [9.17, 15) is 19.5 Å². The molecule has 0 bridgehead atoms. The predicted molar refractivity (Wildman–Crippen MR) is 132 cm³/mol. The molecule has 0 aliphatic carbocycles. The van der Waals surface area contributed by atoms with E-state index in [-0.39, 0.29) is 39.9 Å². The summed E-state index contributed by atoms with van der Waals surface area (Å²) in [6, 6.07) is 7.58. The minimum Gasteiger partial charge on any atom is -0.388 e. The largest absolute Gasteiger partial charge is 0.388 e. The molecule has 190 valence electrons. The van der Waals surface area contributed by atoms with Crippen molar-refractivity contribution in [3.8, 4) is 5.82 Å². The normalized spacial score (nSPS) is 10.8. The summed E-state index contributed by atoms with van der Waals surface area (Å²) in [6.45, 7) is 2.73. The molecule has 0 atom stereocenters. The van der Waals surface area contributed by atoms with Crippen LogP contribution < -0.4 is 10.6 Å². The summed E-state index contributed by atoms with van der Waals surface area (Å²) in [5.41, 5.74) is 1.32. The van der Waals surface area contributed by atoms with Crippen molar-refractivity contribution in [1.82, 2.24) is 40.3 Å². The minimum atomic E-state index is -0.717. The van der Waals surface area contributed by atoms with Crippen LogP contribution in [0.3, 0.4) is 0 Å². The van der Waals surface area contributed by atoms with Crippen LogP contribution in [0, 0.1) is 13.8 Å². The minimum absolute atomic E-state index is 0.0529. The molecule has 2 amide bonds. The number of aliphatic hydroxyl groups is 1. The number of benzene rings is 1. The number of pyridine rings is 1. The molecule has 0 radical (unpaired) electrons. The molecular weight excluding hydrogens is 502 g/mol. The zero-order chi connectivity index (χ0) is 26.7. The van der Waals surface area contributed by atoms with Gasteiger partial charge in [-0.05, 0) is 55.0 Å². The lowest BCUT2D eigenvalue weighted by Gasteiger charge is -2.15. The van der Waals surface area contributed by atoms with Crippen LogP contribution in [-0.2, 0) is 6.54 Å². The van der Waals surface area contributed by atoms with Gasteiger partial charge in [-0.15, -0.1) is 10.2 Å². The molecule has 0 aliphatic heterocycles. The van der Waals surface area contributed by atoms with Gasteiger partial charge < -0.3 is 15.7 Å². The number of aromatic nitrogens is 7. The van der Waals surface area contributed by atoms with Gasteiger partial charge in [0.05, 0.1) is 22.0 Å². The maximum atomic E-state index is 13.5. The van der Waals surface area contributed by atoms with E-state index in [0.717, 1.165) is 0 Å². The maximum Gasteiger partial charge on any atom is 0.274 e. The van der Waals surface area contributed by atoms with Crippen molar-refractivity contribution in [3.63, 3.8) is 0 Å². The maximum absolute atomic E-state index is 13.5. The van der Waals surface area contributed by atoms with Gasteiger partial charge in [0.15, 0.2) is 17.4 Å². The van der Waals surface area contributed by atoms with Crippen LogP contribution in [-0.4, -0.2) is 71.3 Å². The summed E-state index contributed by atoms with van der Waals surface area (Å²) in [4.78, 5) is 43.8. The first-order valence-corrected chi connectivity index (χ1v) is 11.4. The molecule has 3 heterocycles. The van der Waals surface area contributed by atoms with Gasteiger partial charge in [-0.1, -0.05) is 11.6 Å². The van der Waals surface area contributed by atoms with Crippen molar-refractivity contribution in [1.29, 1.82) is 0 Å². The number of rotatable bonds is 8. The fraction of sp³-hybridized carbons (Fsp3) is 0.217. The van der Waals surface area contributed by atoms with Crippen molar-refractivity contribution in [3.05, 3.63) is 75.5 Å². The molecule has 0 aliphatic rings. The van der Waals surface area contributed by atoms with Crippen LogP contribution in [0.4, 0.5) is 5.69 Å². The van der Waals surface area contributed by atoms with Gasteiger partial charge in [0.2, 0.25) is 0 Å². The van der Waals surface area contributed by atoms with Crippen LogP contribution in [0.1, 0.15) is 48.3 Å². The quantitative estimate of drug-likeness (QED) is 0.288. The zero-order valence-electron chi connectivity index (χ0n) is 20.1. The summed E-state index contributed by atoms with van der Waals surface area (Å²) in [5.74, 6) is -1.00. The summed E-state index contributed by atoms with van der Waals surface area (Å²) >= 11 is 6.34. The number of hydrogen-bond donors (Lipinski definition) is 3. The van der Waals surface area contributed by atoms with Gasteiger partial charge in [0.1, 0.15) is 18.8 Å². The first kappa shape index (κ1) is 25.6. The Bertz CT molecular complexity index is 1510. The van der Waals surface area contributed by atoms with Gasteiger partial charge in [-0.3, -0.25) is 14.4 Å². The van der Waals surface area contributed by atoms with Gasteiger partial charge in [0, 0.05) is 18.8 Å². The topological polar surface area (TPSA) is 170 Å². The second-order valence-electron chi connectivity index (χ2n) is 7.94. The highest BCUT2D eigenvalue weighted by atomic mass is 35.5. The van der Waals surface area contributed by atoms with Crippen LogP contribution >= 0.6 is 11.6 Å². The number of Topliss-reactive ketones (excluding diaryl/α,β-unsaturated/α-hetero) is 1. The summed E-state index contributed by atoms with van der Waals surface area (Å²) in [6.07, 6.45) is 1.51. The molecule has 0 saturated heterocycles. The first-order chi connectivity index (χ1) is 17.7. The Morgan fingerprint density at radius 3 is 2.54 bits per heavy atom. The lowest BCUT2D eigenvalue weighted by molar-refractivity contribution is 0.0903. The van der Waals surface area contributed by atoms with E-state index in [2.05, 4.69) is 36.1 Å². The van der Waals surface area contributed by atoms with Crippen molar-refractivity contribution >= 4 is 34.9 Å². The van der Waals surface area contributed by atoms with Gasteiger partial charge in [0.25, 0.3) is 11.8 Å².